The van der Waals surface area contributed by atoms with Gasteiger partial charge in [0.25, 0.3) is 0 Å². The first-order chi connectivity index (χ1) is 9.93. The molecule has 0 spiro atoms. The van der Waals surface area contributed by atoms with Crippen LogP contribution in [0.1, 0.15) is 47.2 Å². The van der Waals surface area contributed by atoms with E-state index in [0.717, 1.165) is 30.6 Å². The predicted molar refractivity (Wildman–Crippen MR) is 83.7 cm³/mol. The molecule has 1 amide bonds. The Bertz CT molecular complexity index is 533. The lowest BCUT2D eigenvalue weighted by molar-refractivity contribution is -0.124. The van der Waals surface area contributed by atoms with Crippen LogP contribution in [0.3, 0.4) is 0 Å². The lowest BCUT2D eigenvalue weighted by Gasteiger charge is -2.30. The van der Waals surface area contributed by atoms with E-state index in [1.807, 2.05) is 6.92 Å². The number of carbonyl (C=O) groups is 2. The molecule has 0 saturated heterocycles. The molecule has 1 aliphatic rings. The molecule has 0 unspecified atom stereocenters. The number of carboxylic acid groups (broad SMARTS) is 1. The van der Waals surface area contributed by atoms with Gasteiger partial charge in [-0.3, -0.25) is 4.79 Å². The van der Waals surface area contributed by atoms with Gasteiger partial charge in [0.1, 0.15) is 4.88 Å². The molecule has 116 valence electrons. The molecule has 6 heteroatoms. The molecule has 1 aromatic heterocycles. The fourth-order valence-corrected chi connectivity index (χ4v) is 3.69. The number of nitrogens with zero attached hydrogens (tertiary/aromatic N) is 1. The second-order valence-corrected chi connectivity index (χ2v) is 6.99. The van der Waals surface area contributed by atoms with Crippen LogP contribution in [0, 0.1) is 18.8 Å². The molecular weight excluding hydrogens is 288 g/mol. The molecule has 1 aliphatic carbocycles. The Morgan fingerprint density at radius 2 is 1.95 bits per heavy atom. The van der Waals surface area contributed by atoms with E-state index in [-0.39, 0.29) is 16.7 Å². The van der Waals surface area contributed by atoms with Gasteiger partial charge >= 0.3 is 5.97 Å². The van der Waals surface area contributed by atoms with Crippen molar-refractivity contribution in [2.24, 2.45) is 11.8 Å². The highest BCUT2D eigenvalue weighted by Gasteiger charge is 2.31. The average Bonchev–Trinajstić information content (AvgIpc) is 2.82. The van der Waals surface area contributed by atoms with Gasteiger partial charge in [-0.05, 0) is 44.6 Å². The minimum absolute atomic E-state index is 0.0181. The topological polar surface area (TPSA) is 69.6 Å². The van der Waals surface area contributed by atoms with E-state index in [9.17, 15) is 14.7 Å². The van der Waals surface area contributed by atoms with Crippen LogP contribution in [0.15, 0.2) is 6.07 Å². The molecule has 1 aromatic rings. The fraction of sp³-hybridized carbons (Fsp3) is 0.600. The highest BCUT2D eigenvalue weighted by atomic mass is 32.1. The van der Waals surface area contributed by atoms with Crippen molar-refractivity contribution < 1.29 is 14.7 Å². The molecule has 0 aliphatic heterocycles. The summed E-state index contributed by atoms with van der Waals surface area (Å²) in [7, 11) is 1.65. The van der Waals surface area contributed by atoms with Crippen LogP contribution in [0.2, 0.25) is 0 Å². The Kier molecular flexibility index (Phi) is 5.00. The van der Waals surface area contributed by atoms with Crippen LogP contribution in [0.4, 0.5) is 5.69 Å². The van der Waals surface area contributed by atoms with E-state index in [0.29, 0.717) is 11.6 Å². The van der Waals surface area contributed by atoms with Gasteiger partial charge in [-0.2, -0.15) is 0 Å². The first-order valence-electron chi connectivity index (χ1n) is 7.29. The second kappa shape index (κ2) is 6.58. The Morgan fingerprint density at radius 1 is 1.33 bits per heavy atom. The van der Waals surface area contributed by atoms with Crippen LogP contribution in [0.5, 0.6) is 0 Å². The predicted octanol–water partition coefficient (Wildman–Crippen LogP) is 3.05. The number of carbonyl (C=O) groups excluding carboxylic acids is 1. The molecule has 1 heterocycles. The number of rotatable bonds is 4. The van der Waals surface area contributed by atoms with Crippen molar-refractivity contribution in [1.29, 1.82) is 0 Å². The summed E-state index contributed by atoms with van der Waals surface area (Å²) in [4.78, 5) is 25.1. The summed E-state index contributed by atoms with van der Waals surface area (Å²) >= 11 is 1.20. The Balaban J connectivity index is 2.23. The number of amides is 1. The zero-order valence-corrected chi connectivity index (χ0v) is 13.5. The molecule has 0 aromatic carbocycles. The van der Waals surface area contributed by atoms with Crippen LogP contribution in [-0.4, -0.2) is 24.0 Å². The van der Waals surface area contributed by atoms with Gasteiger partial charge < -0.3 is 5.11 Å². The maximum Gasteiger partial charge on any atom is 0.348 e. The summed E-state index contributed by atoms with van der Waals surface area (Å²) in [5.74, 6) is -0.358. The largest absolute Gasteiger partial charge is 0.477 e. The van der Waals surface area contributed by atoms with E-state index in [4.69, 9.17) is 0 Å². The molecule has 1 fully saturated rings. The normalized spacial score (nSPS) is 22.0. The first-order valence-corrected chi connectivity index (χ1v) is 8.10. The number of aryl methyl sites for hydroxylation is 1. The third kappa shape index (κ3) is 3.44. The number of aromatic carboxylic acids is 1. The van der Waals surface area contributed by atoms with Crippen molar-refractivity contribution in [3.05, 3.63) is 15.8 Å². The van der Waals surface area contributed by atoms with Crippen LogP contribution >= 0.6 is 11.3 Å². The number of anilines is 1. The summed E-state index contributed by atoms with van der Waals surface area (Å²) in [5.41, 5.74) is 3.32. The quantitative estimate of drug-likeness (QED) is 0.839. The molecule has 0 atom stereocenters. The zero-order valence-electron chi connectivity index (χ0n) is 12.7. The Morgan fingerprint density at radius 3 is 2.48 bits per heavy atom. The monoisotopic (exact) mass is 310 g/mol. The number of nitrogens with one attached hydrogen (secondary N) is 1. The molecule has 21 heavy (non-hydrogen) atoms. The zero-order chi connectivity index (χ0) is 15.6. The molecule has 2 rings (SSSR count). The van der Waals surface area contributed by atoms with Gasteiger partial charge in [0.05, 0.1) is 5.69 Å². The third-order valence-electron chi connectivity index (χ3n) is 4.08. The van der Waals surface area contributed by atoms with Crippen LogP contribution in [0.25, 0.3) is 0 Å². The van der Waals surface area contributed by atoms with Gasteiger partial charge in [-0.1, -0.05) is 6.92 Å². The minimum Gasteiger partial charge on any atom is -0.477 e. The Labute approximate surface area is 128 Å². The molecular formula is C15H22N2O3S. The van der Waals surface area contributed by atoms with Gasteiger partial charge in [-0.25, -0.2) is 15.2 Å². The number of hydrogen-bond donors (Lipinski definition) is 2. The summed E-state index contributed by atoms with van der Waals surface area (Å²) in [6.45, 7) is 4.06. The fourth-order valence-electron chi connectivity index (χ4n) is 2.86. The number of carboxylic acids is 1. The van der Waals surface area contributed by atoms with Crippen molar-refractivity contribution in [3.8, 4) is 0 Å². The number of thiophene rings is 1. The van der Waals surface area contributed by atoms with E-state index in [2.05, 4.69) is 12.3 Å². The molecule has 0 radical (unpaired) electrons. The van der Waals surface area contributed by atoms with Gasteiger partial charge in [0.2, 0.25) is 5.91 Å². The van der Waals surface area contributed by atoms with Crippen molar-refractivity contribution >= 4 is 28.9 Å². The third-order valence-corrected chi connectivity index (χ3v) is 5.11. The minimum atomic E-state index is -0.992. The number of hydrazine groups is 1. The lowest BCUT2D eigenvalue weighted by atomic mass is 9.82. The maximum absolute atomic E-state index is 12.7. The highest BCUT2D eigenvalue weighted by Crippen LogP contribution is 2.33. The highest BCUT2D eigenvalue weighted by molar-refractivity contribution is 7.14. The first kappa shape index (κ1) is 16.0. The van der Waals surface area contributed by atoms with E-state index < -0.39 is 5.97 Å². The summed E-state index contributed by atoms with van der Waals surface area (Å²) in [6.07, 6.45) is 3.87. The molecule has 2 N–H and O–H groups in total. The second-order valence-electron chi connectivity index (χ2n) is 5.73. The van der Waals surface area contributed by atoms with Gasteiger partial charge in [0, 0.05) is 17.8 Å². The SMILES string of the molecule is CNN(C(=O)C1CCC(C)CC1)c1cc(C)sc1C(=O)O. The van der Waals surface area contributed by atoms with Crippen LogP contribution < -0.4 is 10.4 Å². The summed E-state index contributed by atoms with van der Waals surface area (Å²) in [6, 6.07) is 1.76. The van der Waals surface area contributed by atoms with E-state index in [1.165, 1.54) is 16.3 Å². The van der Waals surface area contributed by atoms with E-state index >= 15 is 0 Å². The Hall–Kier alpha value is -1.40. The summed E-state index contributed by atoms with van der Waals surface area (Å²) in [5, 5.41) is 10.7. The van der Waals surface area contributed by atoms with Gasteiger partial charge in [0.15, 0.2) is 0 Å². The number of hydrogen-bond acceptors (Lipinski definition) is 4. The van der Waals surface area contributed by atoms with Crippen molar-refractivity contribution in [3.63, 3.8) is 0 Å². The van der Waals surface area contributed by atoms with E-state index in [1.54, 1.807) is 13.1 Å². The standard InChI is InChI=1S/C15H22N2O3S/c1-9-4-6-11(7-5-9)14(18)17(16-3)12-8-10(2)21-13(12)15(19)20/h8-9,11,16H,4-7H2,1-3H3,(H,19,20). The average molecular weight is 310 g/mol. The molecule has 5 nitrogen and oxygen atoms in total. The van der Waals surface area contributed by atoms with Crippen molar-refractivity contribution in [1.82, 2.24) is 5.43 Å². The smallest absolute Gasteiger partial charge is 0.348 e. The van der Waals surface area contributed by atoms with Crippen molar-refractivity contribution in [2.45, 2.75) is 39.5 Å². The van der Waals surface area contributed by atoms with Gasteiger partial charge in [-0.15, -0.1) is 11.3 Å². The van der Waals surface area contributed by atoms with Crippen LogP contribution in [-0.2, 0) is 4.79 Å². The van der Waals surface area contributed by atoms with Crippen molar-refractivity contribution in [2.75, 3.05) is 12.1 Å². The molecule has 0 bridgehead atoms. The molecule has 1 saturated carbocycles. The summed E-state index contributed by atoms with van der Waals surface area (Å²) < 4.78 is 0. The maximum atomic E-state index is 12.7. The lowest BCUT2D eigenvalue weighted by Crippen LogP contribution is -2.45.